The molecule has 0 spiro atoms. The molecule has 0 aliphatic rings. The molecule has 1 atom stereocenters. The van der Waals surface area contributed by atoms with Crippen LogP contribution in [0.25, 0.3) is 0 Å². The second-order valence-electron chi connectivity index (χ2n) is 6.65. The van der Waals surface area contributed by atoms with Gasteiger partial charge in [-0.15, -0.1) is 0 Å². The maximum absolute atomic E-state index is 12.3. The third-order valence-electron chi connectivity index (χ3n) is 4.16. The molecule has 25 heavy (non-hydrogen) atoms. The first-order chi connectivity index (χ1) is 11.8. The standard InChI is InChI=1S/C19H31N3O3/c1-7-16(20-18(23)12-22(6)14(2)3)15-10-8-9-11-17(15)25-13-19(24)21(4)5/h8-11,14,16H,7,12-13H2,1-6H3,(H,20,23). The van der Waals surface area contributed by atoms with Gasteiger partial charge < -0.3 is 15.0 Å². The van der Waals surface area contributed by atoms with Crippen molar-refractivity contribution in [3.05, 3.63) is 29.8 Å². The fourth-order valence-electron chi connectivity index (χ4n) is 2.22. The molecule has 0 saturated heterocycles. The van der Waals surface area contributed by atoms with Gasteiger partial charge in [-0.25, -0.2) is 0 Å². The van der Waals surface area contributed by atoms with Crippen molar-refractivity contribution < 1.29 is 14.3 Å². The van der Waals surface area contributed by atoms with E-state index in [9.17, 15) is 9.59 Å². The average molecular weight is 349 g/mol. The molecule has 0 heterocycles. The van der Waals surface area contributed by atoms with Gasteiger partial charge in [0.25, 0.3) is 5.91 Å². The van der Waals surface area contributed by atoms with Crippen LogP contribution in [0.4, 0.5) is 0 Å². The molecule has 0 saturated carbocycles. The smallest absolute Gasteiger partial charge is 0.259 e. The monoisotopic (exact) mass is 349 g/mol. The van der Waals surface area contributed by atoms with Crippen LogP contribution < -0.4 is 10.1 Å². The molecule has 0 radical (unpaired) electrons. The zero-order valence-corrected chi connectivity index (χ0v) is 16.2. The van der Waals surface area contributed by atoms with E-state index in [1.807, 2.05) is 43.1 Å². The predicted octanol–water partition coefficient (Wildman–Crippen LogP) is 2.06. The van der Waals surface area contributed by atoms with Crippen LogP contribution in [-0.4, -0.2) is 62.0 Å². The first-order valence-corrected chi connectivity index (χ1v) is 8.67. The third kappa shape index (κ3) is 6.74. The number of hydrogen-bond acceptors (Lipinski definition) is 4. The lowest BCUT2D eigenvalue weighted by Crippen LogP contribution is -2.39. The Morgan fingerprint density at radius 2 is 1.80 bits per heavy atom. The second-order valence-corrected chi connectivity index (χ2v) is 6.65. The van der Waals surface area contributed by atoms with E-state index >= 15 is 0 Å². The summed E-state index contributed by atoms with van der Waals surface area (Å²) in [6, 6.07) is 7.67. The number of likely N-dealkylation sites (N-methyl/N-ethyl adjacent to an activating group) is 2. The minimum atomic E-state index is -0.154. The molecule has 1 unspecified atom stereocenters. The summed E-state index contributed by atoms with van der Waals surface area (Å²) in [7, 11) is 5.31. The Labute approximate surface area is 151 Å². The normalized spacial score (nSPS) is 12.2. The highest BCUT2D eigenvalue weighted by molar-refractivity contribution is 5.79. The number of nitrogens with zero attached hydrogens (tertiary/aromatic N) is 2. The van der Waals surface area contributed by atoms with Crippen LogP contribution in [0.3, 0.4) is 0 Å². The maximum Gasteiger partial charge on any atom is 0.259 e. The molecule has 140 valence electrons. The summed E-state index contributed by atoms with van der Waals surface area (Å²) in [4.78, 5) is 27.5. The molecule has 0 bridgehead atoms. The summed E-state index contributed by atoms with van der Waals surface area (Å²) in [5.41, 5.74) is 0.886. The van der Waals surface area contributed by atoms with E-state index in [1.165, 1.54) is 4.90 Å². The van der Waals surface area contributed by atoms with Gasteiger partial charge in [-0.05, 0) is 33.4 Å². The van der Waals surface area contributed by atoms with Gasteiger partial charge in [-0.1, -0.05) is 25.1 Å². The zero-order chi connectivity index (χ0) is 19.0. The Kier molecular flexibility index (Phi) is 8.41. The zero-order valence-electron chi connectivity index (χ0n) is 16.2. The van der Waals surface area contributed by atoms with Crippen LogP contribution in [0.5, 0.6) is 5.75 Å². The van der Waals surface area contributed by atoms with E-state index in [1.54, 1.807) is 14.1 Å². The summed E-state index contributed by atoms with van der Waals surface area (Å²) in [5, 5.41) is 3.06. The molecule has 6 heteroatoms. The molecule has 2 amide bonds. The number of amides is 2. The number of carbonyl (C=O) groups excluding carboxylic acids is 2. The van der Waals surface area contributed by atoms with Gasteiger partial charge in [0.05, 0.1) is 12.6 Å². The van der Waals surface area contributed by atoms with Gasteiger partial charge in [-0.3, -0.25) is 14.5 Å². The van der Waals surface area contributed by atoms with Crippen molar-refractivity contribution in [3.63, 3.8) is 0 Å². The lowest BCUT2D eigenvalue weighted by Gasteiger charge is -2.24. The summed E-state index contributed by atoms with van der Waals surface area (Å²) >= 11 is 0. The molecular weight excluding hydrogens is 318 g/mol. The Hall–Kier alpha value is -2.08. The highest BCUT2D eigenvalue weighted by Gasteiger charge is 2.19. The van der Waals surface area contributed by atoms with Gasteiger partial charge in [0.15, 0.2) is 6.61 Å². The molecule has 1 N–H and O–H groups in total. The Bertz CT molecular complexity index is 573. The van der Waals surface area contributed by atoms with Gasteiger partial charge in [0.1, 0.15) is 5.75 Å². The van der Waals surface area contributed by atoms with Gasteiger partial charge in [0, 0.05) is 25.7 Å². The minimum absolute atomic E-state index is 0.0233. The Morgan fingerprint density at radius 1 is 1.16 bits per heavy atom. The molecule has 0 aliphatic heterocycles. The lowest BCUT2D eigenvalue weighted by atomic mass is 10.0. The van der Waals surface area contributed by atoms with E-state index in [0.29, 0.717) is 18.3 Å². The lowest BCUT2D eigenvalue weighted by molar-refractivity contribution is -0.130. The van der Waals surface area contributed by atoms with Gasteiger partial charge >= 0.3 is 0 Å². The molecule has 1 rings (SSSR count). The van der Waals surface area contributed by atoms with Crippen LogP contribution in [0.2, 0.25) is 0 Å². The highest BCUT2D eigenvalue weighted by atomic mass is 16.5. The second kappa shape index (κ2) is 10.0. The Balaban J connectivity index is 2.82. The Morgan fingerprint density at radius 3 is 2.36 bits per heavy atom. The first kappa shape index (κ1) is 21.0. The van der Waals surface area contributed by atoms with Gasteiger partial charge in [0.2, 0.25) is 5.91 Å². The maximum atomic E-state index is 12.3. The van der Waals surface area contributed by atoms with Crippen molar-refractivity contribution in [1.82, 2.24) is 15.1 Å². The fraction of sp³-hybridized carbons (Fsp3) is 0.579. The van der Waals surface area contributed by atoms with Crippen LogP contribution in [-0.2, 0) is 9.59 Å². The van der Waals surface area contributed by atoms with Crippen molar-refractivity contribution in [2.75, 3.05) is 34.3 Å². The van der Waals surface area contributed by atoms with Crippen LogP contribution in [0.1, 0.15) is 38.8 Å². The number of para-hydroxylation sites is 1. The molecule has 6 nitrogen and oxygen atoms in total. The summed E-state index contributed by atoms with van der Waals surface area (Å²) < 4.78 is 5.69. The molecule has 0 aromatic heterocycles. The number of ether oxygens (including phenoxy) is 1. The topological polar surface area (TPSA) is 61.9 Å². The summed E-state index contributed by atoms with van der Waals surface area (Å²) in [5.74, 6) is 0.495. The van der Waals surface area contributed by atoms with Crippen molar-refractivity contribution >= 4 is 11.8 Å². The first-order valence-electron chi connectivity index (χ1n) is 8.67. The van der Waals surface area contributed by atoms with E-state index in [-0.39, 0.29) is 24.5 Å². The van der Waals surface area contributed by atoms with Crippen molar-refractivity contribution in [2.45, 2.75) is 39.3 Å². The van der Waals surface area contributed by atoms with Crippen LogP contribution in [0, 0.1) is 0 Å². The van der Waals surface area contributed by atoms with Crippen molar-refractivity contribution in [3.8, 4) is 5.75 Å². The molecule has 0 aliphatic carbocycles. The van der Waals surface area contributed by atoms with E-state index in [0.717, 1.165) is 12.0 Å². The molecular formula is C19H31N3O3. The third-order valence-corrected chi connectivity index (χ3v) is 4.16. The largest absolute Gasteiger partial charge is 0.483 e. The van der Waals surface area contributed by atoms with E-state index < -0.39 is 0 Å². The van der Waals surface area contributed by atoms with Crippen molar-refractivity contribution in [1.29, 1.82) is 0 Å². The highest BCUT2D eigenvalue weighted by Crippen LogP contribution is 2.27. The van der Waals surface area contributed by atoms with Crippen LogP contribution >= 0.6 is 0 Å². The quantitative estimate of drug-likeness (QED) is 0.741. The summed E-state index contributed by atoms with van der Waals surface area (Å²) in [6.07, 6.45) is 0.735. The molecule has 0 fully saturated rings. The average Bonchev–Trinajstić information content (AvgIpc) is 2.57. The summed E-state index contributed by atoms with van der Waals surface area (Å²) in [6.45, 7) is 6.44. The van der Waals surface area contributed by atoms with Crippen molar-refractivity contribution in [2.24, 2.45) is 0 Å². The molecule has 1 aromatic rings. The number of nitrogens with one attached hydrogen (secondary N) is 1. The molecule has 1 aromatic carbocycles. The minimum Gasteiger partial charge on any atom is -0.483 e. The SMILES string of the molecule is CCC(NC(=O)CN(C)C(C)C)c1ccccc1OCC(=O)N(C)C. The van der Waals surface area contributed by atoms with Gasteiger partial charge in [-0.2, -0.15) is 0 Å². The van der Waals surface area contributed by atoms with E-state index in [4.69, 9.17) is 4.74 Å². The number of rotatable bonds is 9. The number of carbonyl (C=O) groups is 2. The number of hydrogen-bond donors (Lipinski definition) is 1. The fourth-order valence-corrected chi connectivity index (χ4v) is 2.22. The van der Waals surface area contributed by atoms with E-state index in [2.05, 4.69) is 19.2 Å². The number of benzene rings is 1. The predicted molar refractivity (Wildman–Crippen MR) is 99.6 cm³/mol. The van der Waals surface area contributed by atoms with Crippen LogP contribution in [0.15, 0.2) is 24.3 Å².